The predicted octanol–water partition coefficient (Wildman–Crippen LogP) is 1.09. The van der Waals surface area contributed by atoms with Gasteiger partial charge in [-0.1, -0.05) is 11.6 Å². The monoisotopic (exact) mass is 145 g/mol. The lowest BCUT2D eigenvalue weighted by Gasteiger charge is -2.02. The summed E-state index contributed by atoms with van der Waals surface area (Å²) >= 11 is 9.38. The molecule has 0 aliphatic rings. The summed E-state index contributed by atoms with van der Waals surface area (Å²) in [7, 11) is 0. The Balaban J connectivity index is 3.33. The van der Waals surface area contributed by atoms with E-state index in [0.29, 0.717) is 0 Å². The summed E-state index contributed by atoms with van der Waals surface area (Å²) in [5.74, 6) is -1.93. The first-order valence-electron chi connectivity index (χ1n) is 1.36. The van der Waals surface area contributed by atoms with E-state index in [-0.39, 0.29) is 10.8 Å². The number of amides is 1. The molecule has 0 spiro atoms. The van der Waals surface area contributed by atoms with E-state index in [9.17, 15) is 9.18 Å². The lowest BCUT2D eigenvalue weighted by atomic mass is 11.2. The van der Waals surface area contributed by atoms with E-state index in [1.165, 1.54) is 0 Å². The van der Waals surface area contributed by atoms with Crippen LogP contribution < -0.4 is 0 Å². The third-order valence-corrected chi connectivity index (χ3v) is 0.848. The number of alkyl halides is 2. The van der Waals surface area contributed by atoms with Crippen LogP contribution in [0, 0.1) is 0 Å². The average Bonchev–Trinajstić information content (AvgIpc) is 1.65. The van der Waals surface area contributed by atoms with E-state index in [1.54, 1.807) is 0 Å². The predicted molar refractivity (Wildman–Crippen MR) is 24.5 cm³/mol. The van der Waals surface area contributed by atoms with Crippen molar-refractivity contribution in [1.82, 2.24) is 4.42 Å². The number of carbonyl (C=O) groups is 1. The summed E-state index contributed by atoms with van der Waals surface area (Å²) in [6, 6.07) is 0. The van der Waals surface area contributed by atoms with Gasteiger partial charge in [-0.15, -0.1) is 0 Å². The molecule has 0 aliphatic heterocycles. The summed E-state index contributed by atoms with van der Waals surface area (Å²) < 4.78 is 11.6. The number of nitrogens with zero attached hydrogens (tertiary/aromatic N) is 1. The second-order valence-corrected chi connectivity index (χ2v) is 1.48. The molecule has 0 aromatic rings. The molecular weight excluding hydrogens is 144 g/mol. The first-order valence-corrected chi connectivity index (χ1v) is 2.13. The summed E-state index contributed by atoms with van der Waals surface area (Å²) in [5, 5.41) is 0. The van der Waals surface area contributed by atoms with Crippen LogP contribution in [0.2, 0.25) is 0 Å². The van der Waals surface area contributed by atoms with Crippen LogP contribution in [0.4, 0.5) is 4.39 Å². The Bertz CT molecular complexity index is 68.7. The zero-order chi connectivity index (χ0) is 5.86. The molecule has 0 bridgehead atoms. The Morgan fingerprint density at radius 1 is 1.86 bits per heavy atom. The average molecular weight is 146 g/mol. The molecule has 1 amide bonds. The number of hydrogen-bond donors (Lipinski definition) is 0. The van der Waals surface area contributed by atoms with Crippen LogP contribution in [-0.2, 0) is 4.79 Å². The van der Waals surface area contributed by atoms with Gasteiger partial charge in [0.15, 0.2) is 0 Å². The first kappa shape index (κ1) is 6.98. The highest BCUT2D eigenvalue weighted by Crippen LogP contribution is 2.04. The van der Waals surface area contributed by atoms with Gasteiger partial charge < -0.3 is 0 Å². The molecular formula is C2H2Cl2FNO. The molecule has 2 nitrogen and oxygen atoms in total. The maximum atomic E-state index is 11.4. The second kappa shape index (κ2) is 3.04. The lowest BCUT2D eigenvalue weighted by molar-refractivity contribution is -0.115. The van der Waals surface area contributed by atoms with E-state index in [0.717, 1.165) is 0 Å². The largest absolute Gasteiger partial charge is 0.277 e. The Labute approximate surface area is 49.9 Å². The molecule has 0 N–H and O–H groups in total. The van der Waals surface area contributed by atoms with Crippen LogP contribution in [0.1, 0.15) is 0 Å². The summed E-state index contributed by atoms with van der Waals surface area (Å²) in [6.45, 7) is 0. The highest BCUT2D eigenvalue weighted by atomic mass is 35.5. The van der Waals surface area contributed by atoms with Crippen LogP contribution in [0.3, 0.4) is 0 Å². The molecule has 0 saturated heterocycles. The van der Waals surface area contributed by atoms with Crippen molar-refractivity contribution in [2.24, 2.45) is 0 Å². The van der Waals surface area contributed by atoms with Crippen molar-refractivity contribution in [3.05, 3.63) is 0 Å². The second-order valence-electron chi connectivity index (χ2n) is 0.727. The molecule has 0 rings (SSSR count). The smallest absolute Gasteiger partial charge is 0.263 e. The Morgan fingerprint density at radius 3 is 2.29 bits per heavy atom. The summed E-state index contributed by atoms with van der Waals surface area (Å²) in [5.41, 5.74) is 0. The minimum atomic E-state index is -1.93. The molecule has 0 aliphatic carbocycles. The molecule has 7 heavy (non-hydrogen) atoms. The highest BCUT2D eigenvalue weighted by Gasteiger charge is 2.05. The quantitative estimate of drug-likeness (QED) is 0.247. The maximum Gasteiger partial charge on any atom is 0.263 e. The van der Waals surface area contributed by atoms with Crippen molar-refractivity contribution in [3.63, 3.8) is 0 Å². The molecule has 5 heteroatoms. The Hall–Kier alpha value is -0.0200. The van der Waals surface area contributed by atoms with E-state index in [1.807, 2.05) is 0 Å². The number of halogens is 3. The summed E-state index contributed by atoms with van der Waals surface area (Å²) in [6.07, 6.45) is 0.0826. The maximum absolute atomic E-state index is 11.4. The van der Waals surface area contributed by atoms with Crippen molar-refractivity contribution in [3.8, 4) is 0 Å². The molecule has 42 valence electrons. The molecule has 1 unspecified atom stereocenters. The van der Waals surface area contributed by atoms with Crippen LogP contribution >= 0.6 is 23.4 Å². The van der Waals surface area contributed by atoms with E-state index in [4.69, 9.17) is 11.8 Å². The minimum Gasteiger partial charge on any atom is -0.277 e. The van der Waals surface area contributed by atoms with Crippen molar-refractivity contribution < 1.29 is 9.18 Å². The Kier molecular flexibility index (Phi) is 3.04. The van der Waals surface area contributed by atoms with Gasteiger partial charge in [-0.05, 0) is 0 Å². The highest BCUT2D eigenvalue weighted by molar-refractivity contribution is 6.26. The number of hydrogen-bond acceptors (Lipinski definition) is 1. The van der Waals surface area contributed by atoms with Crippen molar-refractivity contribution in [2.75, 3.05) is 0 Å². The van der Waals surface area contributed by atoms with Gasteiger partial charge in [0.2, 0.25) is 6.41 Å². The fourth-order valence-electron chi connectivity index (χ4n) is 0.0460. The van der Waals surface area contributed by atoms with Gasteiger partial charge in [0.05, 0.1) is 0 Å². The minimum absolute atomic E-state index is 0.0826. The van der Waals surface area contributed by atoms with Gasteiger partial charge in [-0.3, -0.25) is 4.79 Å². The zero-order valence-corrected chi connectivity index (χ0v) is 4.66. The molecule has 0 aromatic heterocycles. The van der Waals surface area contributed by atoms with Crippen LogP contribution in [-0.4, -0.2) is 16.6 Å². The normalized spacial score (nSPS) is 13.0. The third-order valence-electron chi connectivity index (χ3n) is 0.287. The number of carbonyl (C=O) groups excluding carboxylic acids is 1. The summed E-state index contributed by atoms with van der Waals surface area (Å²) in [4.78, 5) is 9.42. The first-order chi connectivity index (χ1) is 3.18. The van der Waals surface area contributed by atoms with E-state index >= 15 is 0 Å². The zero-order valence-electron chi connectivity index (χ0n) is 3.14. The van der Waals surface area contributed by atoms with Crippen LogP contribution in [0.15, 0.2) is 0 Å². The van der Waals surface area contributed by atoms with Gasteiger partial charge >= 0.3 is 0 Å². The van der Waals surface area contributed by atoms with Crippen LogP contribution in [0.25, 0.3) is 0 Å². The fourth-order valence-corrected chi connectivity index (χ4v) is 0.0920. The van der Waals surface area contributed by atoms with Crippen molar-refractivity contribution in [2.45, 2.75) is 5.75 Å². The standard InChI is InChI=1S/C2H2Cl2FNO/c3-2(5)6(4)1-7/h1-2H. The molecule has 0 fully saturated rings. The molecule has 0 saturated carbocycles. The SMILES string of the molecule is O=CN(Cl)C(F)Cl. The van der Waals surface area contributed by atoms with Gasteiger partial charge in [0, 0.05) is 11.8 Å². The lowest BCUT2D eigenvalue weighted by Crippen LogP contribution is -2.14. The molecule has 0 heterocycles. The molecule has 1 atom stereocenters. The van der Waals surface area contributed by atoms with E-state index in [2.05, 4.69) is 11.6 Å². The van der Waals surface area contributed by atoms with Gasteiger partial charge in [0.25, 0.3) is 5.75 Å². The molecule has 0 radical (unpaired) electrons. The fraction of sp³-hybridized carbons (Fsp3) is 0.500. The Morgan fingerprint density at radius 2 is 2.29 bits per heavy atom. The van der Waals surface area contributed by atoms with Crippen LogP contribution in [0.5, 0.6) is 0 Å². The van der Waals surface area contributed by atoms with Crippen molar-refractivity contribution >= 4 is 29.8 Å². The molecule has 0 aromatic carbocycles. The number of rotatable bonds is 2. The van der Waals surface area contributed by atoms with Gasteiger partial charge in [0.1, 0.15) is 0 Å². The third kappa shape index (κ3) is 2.65. The topological polar surface area (TPSA) is 20.3 Å². The van der Waals surface area contributed by atoms with Gasteiger partial charge in [-0.25, -0.2) is 8.81 Å². The van der Waals surface area contributed by atoms with Crippen molar-refractivity contribution in [1.29, 1.82) is 0 Å². The van der Waals surface area contributed by atoms with Gasteiger partial charge in [-0.2, -0.15) is 0 Å². The van der Waals surface area contributed by atoms with E-state index < -0.39 is 5.75 Å².